The van der Waals surface area contributed by atoms with Crippen molar-refractivity contribution in [1.82, 2.24) is 19.4 Å². The van der Waals surface area contributed by atoms with Crippen molar-refractivity contribution in [2.75, 3.05) is 0 Å². The Kier molecular flexibility index (Phi) is 5.23. The van der Waals surface area contributed by atoms with Gasteiger partial charge < -0.3 is 14.5 Å². The Balaban J connectivity index is 2.00. The van der Waals surface area contributed by atoms with Gasteiger partial charge in [-0.1, -0.05) is 27.7 Å². The molecule has 21 heavy (non-hydrogen) atoms. The average Bonchev–Trinajstić information content (AvgIpc) is 3.05. The van der Waals surface area contributed by atoms with Gasteiger partial charge in [-0.25, -0.2) is 4.98 Å². The number of hydrogen-bond donors (Lipinski definition) is 1. The van der Waals surface area contributed by atoms with Crippen LogP contribution in [0.4, 0.5) is 0 Å². The molecule has 0 aliphatic carbocycles. The summed E-state index contributed by atoms with van der Waals surface area (Å²) in [5.41, 5.74) is 1.56. The molecule has 1 atom stereocenters. The van der Waals surface area contributed by atoms with Crippen molar-refractivity contribution < 1.29 is 0 Å². The van der Waals surface area contributed by atoms with E-state index in [9.17, 15) is 0 Å². The second-order valence-corrected chi connectivity index (χ2v) is 6.75. The SMILES string of the molecule is CCCn1cccc1CNC(Cn1ccnc1)C(C)(C)C. The number of nitrogens with one attached hydrogen (secondary N) is 1. The molecule has 0 radical (unpaired) electrons. The highest BCUT2D eigenvalue weighted by molar-refractivity contribution is 5.07. The smallest absolute Gasteiger partial charge is 0.0946 e. The lowest BCUT2D eigenvalue weighted by Crippen LogP contribution is -2.43. The van der Waals surface area contributed by atoms with Crippen LogP contribution in [0, 0.1) is 5.41 Å². The van der Waals surface area contributed by atoms with Gasteiger partial charge >= 0.3 is 0 Å². The van der Waals surface area contributed by atoms with Crippen LogP contribution in [0.3, 0.4) is 0 Å². The van der Waals surface area contributed by atoms with Crippen molar-refractivity contribution in [3.8, 4) is 0 Å². The summed E-state index contributed by atoms with van der Waals surface area (Å²) >= 11 is 0. The summed E-state index contributed by atoms with van der Waals surface area (Å²) in [6.07, 6.45) is 9.09. The van der Waals surface area contributed by atoms with Gasteiger partial charge in [-0.2, -0.15) is 0 Å². The summed E-state index contributed by atoms with van der Waals surface area (Å²) in [5, 5.41) is 3.73. The van der Waals surface area contributed by atoms with Gasteiger partial charge in [-0.15, -0.1) is 0 Å². The second kappa shape index (κ2) is 6.94. The highest BCUT2D eigenvalue weighted by atomic mass is 15.1. The molecule has 4 nitrogen and oxygen atoms in total. The summed E-state index contributed by atoms with van der Waals surface area (Å²) in [6, 6.07) is 4.74. The number of nitrogens with zero attached hydrogens (tertiary/aromatic N) is 3. The Morgan fingerprint density at radius 1 is 1.29 bits per heavy atom. The molecule has 4 heteroatoms. The van der Waals surface area contributed by atoms with Crippen LogP contribution >= 0.6 is 0 Å². The summed E-state index contributed by atoms with van der Waals surface area (Å²) < 4.78 is 4.48. The number of rotatable bonds is 7. The van der Waals surface area contributed by atoms with Gasteiger partial charge in [0.2, 0.25) is 0 Å². The molecular formula is C17H28N4. The van der Waals surface area contributed by atoms with E-state index in [1.165, 1.54) is 12.1 Å². The van der Waals surface area contributed by atoms with Crippen LogP contribution in [0.25, 0.3) is 0 Å². The van der Waals surface area contributed by atoms with Crippen molar-refractivity contribution in [3.05, 3.63) is 42.7 Å². The third kappa shape index (κ3) is 4.46. The minimum Gasteiger partial charge on any atom is -0.350 e. The predicted molar refractivity (Wildman–Crippen MR) is 87.0 cm³/mol. The molecule has 116 valence electrons. The van der Waals surface area contributed by atoms with Gasteiger partial charge in [0, 0.05) is 50.0 Å². The number of imidazole rings is 1. The summed E-state index contributed by atoms with van der Waals surface area (Å²) in [5.74, 6) is 0. The Bertz CT molecular complexity index is 519. The van der Waals surface area contributed by atoms with E-state index in [0.717, 1.165) is 19.6 Å². The Labute approximate surface area is 128 Å². The molecule has 0 amide bonds. The molecule has 1 N–H and O–H groups in total. The lowest BCUT2D eigenvalue weighted by molar-refractivity contribution is 0.238. The zero-order chi connectivity index (χ0) is 15.3. The molecule has 0 aliphatic rings. The largest absolute Gasteiger partial charge is 0.350 e. The van der Waals surface area contributed by atoms with Gasteiger partial charge in [-0.05, 0) is 24.0 Å². The van der Waals surface area contributed by atoms with Gasteiger partial charge in [0.05, 0.1) is 6.33 Å². The number of aromatic nitrogens is 3. The first-order chi connectivity index (χ1) is 10.0. The molecule has 0 bridgehead atoms. The molecular weight excluding hydrogens is 260 g/mol. The van der Waals surface area contributed by atoms with Crippen LogP contribution in [0.1, 0.15) is 39.8 Å². The first-order valence-electron chi connectivity index (χ1n) is 7.84. The maximum atomic E-state index is 4.14. The molecule has 0 aromatic carbocycles. The Morgan fingerprint density at radius 3 is 2.71 bits per heavy atom. The van der Waals surface area contributed by atoms with E-state index < -0.39 is 0 Å². The molecule has 2 aromatic heterocycles. The highest BCUT2D eigenvalue weighted by Crippen LogP contribution is 2.21. The van der Waals surface area contributed by atoms with Gasteiger partial charge in [0.1, 0.15) is 0 Å². The zero-order valence-corrected chi connectivity index (χ0v) is 13.7. The van der Waals surface area contributed by atoms with Crippen molar-refractivity contribution >= 4 is 0 Å². The standard InChI is InChI=1S/C17H28N4/c1-5-9-21-10-6-7-15(21)12-19-16(17(2,3)4)13-20-11-8-18-14-20/h6-8,10-11,14,16,19H,5,9,12-13H2,1-4H3. The molecule has 2 aromatic rings. The van der Waals surface area contributed by atoms with E-state index in [2.05, 4.69) is 65.5 Å². The van der Waals surface area contributed by atoms with Crippen LogP contribution in [-0.2, 0) is 19.6 Å². The maximum absolute atomic E-state index is 4.14. The van der Waals surface area contributed by atoms with E-state index in [1.807, 2.05) is 18.7 Å². The monoisotopic (exact) mass is 288 g/mol. The van der Waals surface area contributed by atoms with Crippen LogP contribution in [-0.4, -0.2) is 20.2 Å². The van der Waals surface area contributed by atoms with E-state index in [-0.39, 0.29) is 5.41 Å². The van der Waals surface area contributed by atoms with E-state index in [4.69, 9.17) is 0 Å². The van der Waals surface area contributed by atoms with Gasteiger partial charge in [-0.3, -0.25) is 0 Å². The minimum absolute atomic E-state index is 0.201. The van der Waals surface area contributed by atoms with Crippen LogP contribution in [0.5, 0.6) is 0 Å². The van der Waals surface area contributed by atoms with Crippen molar-refractivity contribution in [3.63, 3.8) is 0 Å². The van der Waals surface area contributed by atoms with Crippen molar-refractivity contribution in [2.24, 2.45) is 5.41 Å². The molecule has 1 unspecified atom stereocenters. The number of aryl methyl sites for hydroxylation is 1. The highest BCUT2D eigenvalue weighted by Gasteiger charge is 2.24. The minimum atomic E-state index is 0.201. The van der Waals surface area contributed by atoms with Crippen LogP contribution in [0.2, 0.25) is 0 Å². The molecule has 0 saturated heterocycles. The summed E-state index contributed by atoms with van der Waals surface area (Å²) in [4.78, 5) is 4.14. The van der Waals surface area contributed by atoms with E-state index in [0.29, 0.717) is 6.04 Å². The second-order valence-electron chi connectivity index (χ2n) is 6.75. The lowest BCUT2D eigenvalue weighted by Gasteiger charge is -2.32. The lowest BCUT2D eigenvalue weighted by atomic mass is 9.86. The summed E-state index contributed by atoms with van der Waals surface area (Å²) in [7, 11) is 0. The molecule has 0 aliphatic heterocycles. The molecule has 2 rings (SSSR count). The average molecular weight is 288 g/mol. The molecule has 0 saturated carbocycles. The predicted octanol–water partition coefficient (Wildman–Crippen LogP) is 3.30. The maximum Gasteiger partial charge on any atom is 0.0946 e. The number of hydrogen-bond acceptors (Lipinski definition) is 2. The first-order valence-corrected chi connectivity index (χ1v) is 7.84. The van der Waals surface area contributed by atoms with Crippen molar-refractivity contribution in [2.45, 2.75) is 59.8 Å². The van der Waals surface area contributed by atoms with Gasteiger partial charge in [0.25, 0.3) is 0 Å². The normalized spacial score (nSPS) is 13.5. The Hall–Kier alpha value is -1.55. The molecule has 0 spiro atoms. The fourth-order valence-corrected chi connectivity index (χ4v) is 2.55. The zero-order valence-electron chi connectivity index (χ0n) is 13.7. The van der Waals surface area contributed by atoms with E-state index >= 15 is 0 Å². The van der Waals surface area contributed by atoms with Crippen LogP contribution < -0.4 is 5.32 Å². The fourth-order valence-electron chi connectivity index (χ4n) is 2.55. The first kappa shape index (κ1) is 15.8. The van der Waals surface area contributed by atoms with E-state index in [1.54, 1.807) is 0 Å². The van der Waals surface area contributed by atoms with Crippen molar-refractivity contribution in [1.29, 1.82) is 0 Å². The quantitative estimate of drug-likeness (QED) is 0.848. The Morgan fingerprint density at radius 2 is 2.10 bits per heavy atom. The fraction of sp³-hybridized carbons (Fsp3) is 0.588. The third-order valence-electron chi connectivity index (χ3n) is 3.92. The summed E-state index contributed by atoms with van der Waals surface area (Å²) in [6.45, 7) is 12.0. The topological polar surface area (TPSA) is 34.8 Å². The molecule has 2 heterocycles. The van der Waals surface area contributed by atoms with Gasteiger partial charge in [0.15, 0.2) is 0 Å². The molecule has 0 fully saturated rings. The third-order valence-corrected chi connectivity index (χ3v) is 3.92. The van der Waals surface area contributed by atoms with Crippen LogP contribution in [0.15, 0.2) is 37.1 Å².